The molecule has 0 unspecified atom stereocenters. The first kappa shape index (κ1) is 17.2. The molecule has 3 aromatic carbocycles. The molecule has 4 aromatic rings. The lowest BCUT2D eigenvalue weighted by Crippen LogP contribution is -2.45. The van der Waals surface area contributed by atoms with E-state index in [1.807, 2.05) is 54.6 Å². The number of nitrogens with one attached hydrogen (secondary N) is 1. The summed E-state index contributed by atoms with van der Waals surface area (Å²) >= 11 is 0. The highest BCUT2D eigenvalue weighted by Gasteiger charge is 2.45. The number of fused-ring (bicyclic) bond motifs is 2. The molecule has 142 valence electrons. The van der Waals surface area contributed by atoms with Gasteiger partial charge in [0.1, 0.15) is 5.92 Å². The quantitative estimate of drug-likeness (QED) is 0.557. The van der Waals surface area contributed by atoms with E-state index in [4.69, 9.17) is 0 Å². The van der Waals surface area contributed by atoms with Crippen LogP contribution in [0.4, 0.5) is 5.95 Å². The summed E-state index contributed by atoms with van der Waals surface area (Å²) in [5.41, 5.74) is 3.14. The van der Waals surface area contributed by atoms with Crippen LogP contribution in [0.1, 0.15) is 33.4 Å². The number of aliphatic carboxylic acids is 1. The number of hydrogen-bond acceptors (Lipinski definition) is 3. The standard InChI is InChI=1S/C23H17N3O3/c27-21-16-11-5-4-10-15(16)19(22(28)29)20(14-8-2-1-3-9-14)26(21)23-24-17-12-6-7-13-18(17)25-23/h1-13,19-20H,(H,24,25)(H,28,29)/t19-,20-/m1/s1. The zero-order valence-corrected chi connectivity index (χ0v) is 15.3. The second kappa shape index (κ2) is 6.60. The fourth-order valence-corrected chi connectivity index (χ4v) is 4.08. The minimum Gasteiger partial charge on any atom is -0.481 e. The fraction of sp³-hybridized carbons (Fsp3) is 0.0870. The summed E-state index contributed by atoms with van der Waals surface area (Å²) in [6, 6.07) is 22.9. The van der Waals surface area contributed by atoms with Crippen LogP contribution in [0, 0.1) is 0 Å². The fourth-order valence-electron chi connectivity index (χ4n) is 4.08. The molecule has 29 heavy (non-hydrogen) atoms. The van der Waals surface area contributed by atoms with Crippen molar-refractivity contribution < 1.29 is 14.7 Å². The zero-order chi connectivity index (χ0) is 20.0. The molecule has 1 aliphatic heterocycles. The number of hydrogen-bond donors (Lipinski definition) is 2. The maximum Gasteiger partial charge on any atom is 0.313 e. The summed E-state index contributed by atoms with van der Waals surface area (Å²) in [6.45, 7) is 0. The largest absolute Gasteiger partial charge is 0.481 e. The Morgan fingerprint density at radius 1 is 0.931 bits per heavy atom. The first-order valence-corrected chi connectivity index (χ1v) is 9.30. The van der Waals surface area contributed by atoms with Crippen LogP contribution in [-0.2, 0) is 4.79 Å². The third kappa shape index (κ3) is 2.69. The van der Waals surface area contributed by atoms with Gasteiger partial charge in [-0.15, -0.1) is 0 Å². The third-order valence-corrected chi connectivity index (χ3v) is 5.35. The number of carboxylic acid groups (broad SMARTS) is 1. The highest BCUT2D eigenvalue weighted by Crippen LogP contribution is 2.44. The maximum absolute atomic E-state index is 13.5. The van der Waals surface area contributed by atoms with E-state index >= 15 is 0 Å². The molecule has 5 rings (SSSR count). The minimum atomic E-state index is -0.986. The van der Waals surface area contributed by atoms with Gasteiger partial charge in [0.25, 0.3) is 5.91 Å². The van der Waals surface area contributed by atoms with Crippen LogP contribution in [0.5, 0.6) is 0 Å². The molecule has 0 saturated heterocycles. The molecule has 1 amide bonds. The van der Waals surface area contributed by atoms with E-state index in [1.54, 1.807) is 24.3 Å². The Kier molecular flexibility index (Phi) is 3.91. The van der Waals surface area contributed by atoms with Crippen LogP contribution < -0.4 is 4.90 Å². The number of anilines is 1. The lowest BCUT2D eigenvalue weighted by atomic mass is 9.80. The highest BCUT2D eigenvalue weighted by molar-refractivity contribution is 6.10. The Hall–Kier alpha value is -3.93. The minimum absolute atomic E-state index is 0.272. The van der Waals surface area contributed by atoms with Crippen LogP contribution in [0.25, 0.3) is 11.0 Å². The first-order chi connectivity index (χ1) is 14.1. The maximum atomic E-state index is 13.5. The van der Waals surface area contributed by atoms with Crippen LogP contribution in [0.3, 0.4) is 0 Å². The van der Waals surface area contributed by atoms with Crippen molar-refractivity contribution in [3.05, 3.63) is 95.6 Å². The first-order valence-electron chi connectivity index (χ1n) is 9.30. The average Bonchev–Trinajstić information content (AvgIpc) is 3.17. The van der Waals surface area contributed by atoms with Gasteiger partial charge < -0.3 is 10.1 Å². The number of benzene rings is 3. The molecule has 0 fully saturated rings. The van der Waals surface area contributed by atoms with Crippen molar-refractivity contribution in [3.63, 3.8) is 0 Å². The second-order valence-corrected chi connectivity index (χ2v) is 7.01. The van der Waals surface area contributed by atoms with E-state index < -0.39 is 17.9 Å². The smallest absolute Gasteiger partial charge is 0.313 e. The van der Waals surface area contributed by atoms with Crippen LogP contribution in [-0.4, -0.2) is 27.0 Å². The number of carboxylic acids is 1. The van der Waals surface area contributed by atoms with E-state index in [2.05, 4.69) is 9.97 Å². The summed E-state index contributed by atoms with van der Waals surface area (Å²) in [5, 5.41) is 10.1. The monoisotopic (exact) mass is 383 g/mol. The number of amides is 1. The van der Waals surface area contributed by atoms with Gasteiger partial charge in [-0.1, -0.05) is 60.7 Å². The summed E-state index contributed by atoms with van der Waals surface area (Å²) in [6.07, 6.45) is 0. The molecular weight excluding hydrogens is 366 g/mol. The van der Waals surface area contributed by atoms with Crippen molar-refractivity contribution in [2.24, 2.45) is 0 Å². The van der Waals surface area contributed by atoms with Crippen molar-refractivity contribution in [2.75, 3.05) is 4.90 Å². The topological polar surface area (TPSA) is 86.3 Å². The van der Waals surface area contributed by atoms with Crippen LogP contribution in [0.2, 0.25) is 0 Å². The molecule has 0 aliphatic carbocycles. The molecule has 1 aromatic heterocycles. The normalized spacial score (nSPS) is 18.6. The molecule has 0 saturated carbocycles. The summed E-state index contributed by atoms with van der Waals surface area (Å²) in [7, 11) is 0. The number of para-hydroxylation sites is 2. The Morgan fingerprint density at radius 2 is 1.62 bits per heavy atom. The van der Waals surface area contributed by atoms with Gasteiger partial charge in [0.2, 0.25) is 5.95 Å². The van der Waals surface area contributed by atoms with E-state index in [9.17, 15) is 14.7 Å². The van der Waals surface area contributed by atoms with Gasteiger partial charge in [-0.3, -0.25) is 14.5 Å². The average molecular weight is 383 g/mol. The molecule has 2 heterocycles. The van der Waals surface area contributed by atoms with Gasteiger partial charge in [0.05, 0.1) is 17.1 Å². The second-order valence-electron chi connectivity index (χ2n) is 7.01. The number of H-pyrrole nitrogens is 1. The van der Waals surface area contributed by atoms with Gasteiger partial charge >= 0.3 is 5.97 Å². The van der Waals surface area contributed by atoms with E-state index in [0.29, 0.717) is 22.6 Å². The highest BCUT2D eigenvalue weighted by atomic mass is 16.4. The molecular formula is C23H17N3O3. The summed E-state index contributed by atoms with van der Waals surface area (Å²) in [4.78, 5) is 35.2. The van der Waals surface area contributed by atoms with Crippen molar-refractivity contribution in [3.8, 4) is 0 Å². The molecule has 2 atom stereocenters. The van der Waals surface area contributed by atoms with Gasteiger partial charge in [0, 0.05) is 5.56 Å². The number of aromatic amines is 1. The Labute approximate surface area is 166 Å². The number of imidazole rings is 1. The Morgan fingerprint density at radius 3 is 2.38 bits per heavy atom. The Bertz CT molecular complexity index is 1200. The lowest BCUT2D eigenvalue weighted by molar-refractivity contribution is -0.139. The number of aromatic nitrogens is 2. The van der Waals surface area contributed by atoms with E-state index in [-0.39, 0.29) is 5.91 Å². The Balaban J connectivity index is 1.78. The van der Waals surface area contributed by atoms with Gasteiger partial charge in [-0.25, -0.2) is 4.98 Å². The molecule has 1 aliphatic rings. The molecule has 6 nitrogen and oxygen atoms in total. The van der Waals surface area contributed by atoms with Crippen LogP contribution >= 0.6 is 0 Å². The zero-order valence-electron chi connectivity index (χ0n) is 15.3. The third-order valence-electron chi connectivity index (χ3n) is 5.35. The number of carbonyl (C=O) groups excluding carboxylic acids is 1. The van der Waals surface area contributed by atoms with Crippen molar-refractivity contribution in [1.82, 2.24) is 9.97 Å². The number of nitrogens with zero attached hydrogens (tertiary/aromatic N) is 2. The summed E-state index contributed by atoms with van der Waals surface area (Å²) in [5.74, 6) is -1.84. The van der Waals surface area contributed by atoms with E-state index in [0.717, 1.165) is 11.1 Å². The predicted octanol–water partition coefficient (Wildman–Crippen LogP) is 4.13. The molecule has 0 bridgehead atoms. The molecule has 0 spiro atoms. The molecule has 6 heteroatoms. The molecule has 0 radical (unpaired) electrons. The molecule has 2 N–H and O–H groups in total. The lowest BCUT2D eigenvalue weighted by Gasteiger charge is -2.39. The number of carbonyl (C=O) groups is 2. The van der Waals surface area contributed by atoms with E-state index in [1.165, 1.54) is 4.90 Å². The van der Waals surface area contributed by atoms with Crippen molar-refractivity contribution >= 4 is 28.9 Å². The SMILES string of the molecule is O=C(O)[C@@H]1c2ccccc2C(=O)N(c2nc3ccccc3[nH]2)[C@@H]1c1ccccc1. The van der Waals surface area contributed by atoms with Gasteiger partial charge in [-0.2, -0.15) is 0 Å². The van der Waals surface area contributed by atoms with Crippen molar-refractivity contribution in [2.45, 2.75) is 12.0 Å². The van der Waals surface area contributed by atoms with Crippen LogP contribution in [0.15, 0.2) is 78.9 Å². The van der Waals surface area contributed by atoms with Gasteiger partial charge in [0.15, 0.2) is 0 Å². The number of rotatable bonds is 3. The summed E-state index contributed by atoms with van der Waals surface area (Å²) < 4.78 is 0. The van der Waals surface area contributed by atoms with Crippen molar-refractivity contribution in [1.29, 1.82) is 0 Å². The van der Waals surface area contributed by atoms with Gasteiger partial charge in [-0.05, 0) is 29.3 Å². The predicted molar refractivity (Wildman–Crippen MR) is 109 cm³/mol.